The van der Waals surface area contributed by atoms with Crippen LogP contribution in [0.25, 0.3) is 44.4 Å². The topological polar surface area (TPSA) is 477 Å². The van der Waals surface area contributed by atoms with Crippen LogP contribution in [0.5, 0.6) is 0 Å². The molecule has 1 amide bonds. The van der Waals surface area contributed by atoms with Crippen molar-refractivity contribution in [1.29, 1.82) is 0 Å². The summed E-state index contributed by atoms with van der Waals surface area (Å²) in [6.45, 7) is -20.6. The van der Waals surface area contributed by atoms with E-state index in [1.165, 1.54) is 49.9 Å². The summed E-state index contributed by atoms with van der Waals surface area (Å²) in [5, 5.41) is 36.2. The number of imidazole rings is 2. The maximum Gasteiger partial charge on any atom is 1.00 e. The van der Waals surface area contributed by atoms with Gasteiger partial charge in [0, 0.05) is 49.3 Å². The largest absolute Gasteiger partial charge is 1.00 e. The number of carbonyl (C=O) groups is 1. The van der Waals surface area contributed by atoms with E-state index in [2.05, 4.69) is 57.4 Å². The fourth-order valence-electron chi connectivity index (χ4n) is 14.1. The molecule has 0 saturated carbocycles. The molecule has 4 unspecified atom stereocenters. The molecule has 0 spiro atoms. The van der Waals surface area contributed by atoms with Crippen LogP contribution in [0.3, 0.4) is 0 Å². The molecule has 7 N–H and O–H groups in total. The summed E-state index contributed by atoms with van der Waals surface area (Å²) < 4.78 is 123. The number of alkyl halides is 2. The first-order valence-corrected chi connectivity index (χ1v) is 43.1. The first-order chi connectivity index (χ1) is 49.8. The second-order valence-corrected chi connectivity index (χ2v) is 36.5. The Hall–Kier alpha value is -0.960. The predicted molar refractivity (Wildman–Crippen MR) is 363 cm³/mol. The fourth-order valence-corrected chi connectivity index (χ4v) is 19.8. The van der Waals surface area contributed by atoms with Crippen LogP contribution in [-0.4, -0.2) is 213 Å². The summed E-state index contributed by atoms with van der Waals surface area (Å²) in [5.41, 5.74) is 9.05. The Morgan fingerprint density at radius 2 is 1.01 bits per heavy atom. The second-order valence-electron chi connectivity index (χ2n) is 25.4. The molecule has 2 aliphatic carbocycles. The Morgan fingerprint density at radius 1 is 0.574 bits per heavy atom. The first-order valence-electron chi connectivity index (χ1n) is 32.7. The molecule has 14 heterocycles. The number of fused-ring (bicyclic) bond motifs is 8. The number of aliphatic hydroxyl groups is 3. The van der Waals surface area contributed by atoms with Gasteiger partial charge in [0.2, 0.25) is 5.91 Å². The molecule has 562 valence electrons. The van der Waals surface area contributed by atoms with Crippen molar-refractivity contribution in [3.63, 3.8) is 0 Å². The molecule has 4 bridgehead atoms. The number of carbonyl (C=O) groups excluding carboxylic acids is 1. The molecule has 52 heteroatoms. The van der Waals surface area contributed by atoms with Crippen molar-refractivity contribution >= 4 is 125 Å². The Balaban J connectivity index is 0.000000208. The number of ether oxygens (including phenoxy) is 4. The Labute approximate surface area is 719 Å². The smallest absolute Gasteiger partial charge is 0.780 e. The third-order valence-corrected chi connectivity index (χ3v) is 25.2. The zero-order valence-corrected chi connectivity index (χ0v) is 73.0. The maximum absolute atomic E-state index is 16.1. The van der Waals surface area contributed by atoms with Gasteiger partial charge in [0.25, 0.3) is 11.1 Å². The van der Waals surface area contributed by atoms with E-state index in [1.807, 2.05) is 12.4 Å². The van der Waals surface area contributed by atoms with Gasteiger partial charge in [0.1, 0.15) is 118 Å². The number of nitrogens with zero attached hydrogens (tertiary/aromatic N) is 14. The number of nitrogens with two attached hydrogens (primary N) is 1. The molecule has 6 saturated heterocycles. The predicted octanol–water partition coefficient (Wildman–Crippen LogP) is -12.0. The minimum atomic E-state index is -4.50. The molecular formula is C56H66F2N16Na4O22P4S4+2. The number of hydrogen-bond acceptors (Lipinski definition) is 33. The van der Waals surface area contributed by atoms with E-state index in [1.54, 1.807) is 9.13 Å². The van der Waals surface area contributed by atoms with Crippen LogP contribution in [0.1, 0.15) is 73.1 Å². The number of nitrogens with one attached hydrogen (secondary N) is 1. The summed E-state index contributed by atoms with van der Waals surface area (Å²) in [5.74, 6) is -0.625. The molecule has 38 nitrogen and oxygen atoms in total. The summed E-state index contributed by atoms with van der Waals surface area (Å²) in [7, 11) is 0. The third kappa shape index (κ3) is 17.9. The van der Waals surface area contributed by atoms with Crippen LogP contribution < -0.4 is 150 Å². The van der Waals surface area contributed by atoms with E-state index >= 15 is 8.78 Å². The van der Waals surface area contributed by atoms with Crippen molar-refractivity contribution < 1.29 is 222 Å². The van der Waals surface area contributed by atoms with Crippen LogP contribution in [0, 0.1) is 0 Å². The van der Waals surface area contributed by atoms with Gasteiger partial charge in [-0.05, 0) is 74.3 Å². The molecule has 8 aromatic heterocycles. The summed E-state index contributed by atoms with van der Waals surface area (Å²) in [6.07, 6.45) is -5.69. The zero-order chi connectivity index (χ0) is 72.9. The number of aromatic nitrogens is 14. The van der Waals surface area contributed by atoms with Crippen molar-refractivity contribution in [1.82, 2.24) is 72.6 Å². The number of amides is 1. The van der Waals surface area contributed by atoms with E-state index in [9.17, 15) is 43.8 Å². The summed E-state index contributed by atoms with van der Waals surface area (Å²) in [4.78, 5) is 110. The molecule has 8 aliphatic rings. The van der Waals surface area contributed by atoms with Gasteiger partial charge in [-0.1, -0.05) is 35.9 Å². The van der Waals surface area contributed by atoms with Crippen LogP contribution >= 0.6 is 39.2 Å². The van der Waals surface area contributed by atoms with Gasteiger partial charge in [-0.2, -0.15) is 0 Å². The minimum absolute atomic E-state index is 0. The van der Waals surface area contributed by atoms with E-state index in [4.69, 9.17) is 101 Å². The molecular weight excluding hydrogens is 1630 g/mol. The van der Waals surface area contributed by atoms with Crippen molar-refractivity contribution in [2.24, 2.45) is 5.73 Å². The van der Waals surface area contributed by atoms with Crippen molar-refractivity contribution in [2.75, 3.05) is 46.1 Å². The van der Waals surface area contributed by atoms with E-state index < -0.39 is 175 Å². The Morgan fingerprint density at radius 3 is 1.48 bits per heavy atom. The average molecular weight is 1700 g/mol. The molecule has 0 radical (unpaired) electrons. The molecule has 0 aromatic carbocycles. The quantitative estimate of drug-likeness (QED) is 0.0380. The Kier molecular flexibility index (Phi) is 29.4. The number of halogens is 2. The SMILES string of the molecule is NCCn1cnc2c(ncn2[C@@H]2O[C@@H]3COP([O-])(=S)O[C@H]4[C@@H](O)[C@H](n5cc6c7c(ncnc75)CCCC6)O[C@@H]4COP(=O)(S)O[C@@H]2[C@@H]3F)c1=O.O=C(CO)NCCn1cnc2c(ncn2[C@@H]2O[C@@H]3COP([O-])(=S)O[C@H]4[C@@H](O)[C@H](n5cc6c7c(ncnc75)CCCC6)O[C@@H]4COP(O)(=S)O[C@@H]2[C@@H]3F)c1=O.[Na+].[Na+].[Na+].[Na+]. The number of rotatable bonds is 10. The van der Waals surface area contributed by atoms with Crippen molar-refractivity contribution in [3.8, 4) is 0 Å². The second kappa shape index (κ2) is 36.1. The third-order valence-electron chi connectivity index (χ3n) is 18.9. The van der Waals surface area contributed by atoms with Gasteiger partial charge in [-0.3, -0.25) is 46.2 Å². The Bertz CT molecular complexity index is 4970. The van der Waals surface area contributed by atoms with Crippen LogP contribution in [0.2, 0.25) is 0 Å². The molecule has 6 aliphatic heterocycles. The number of thiol groups is 1. The normalized spacial score (nSPS) is 34.2. The minimum Gasteiger partial charge on any atom is -0.780 e. The van der Waals surface area contributed by atoms with Gasteiger partial charge < -0.3 is 91.8 Å². The number of hydrogen-bond donors (Lipinski definition) is 7. The van der Waals surface area contributed by atoms with E-state index in [0.717, 1.165) is 91.0 Å². The average Bonchev–Trinajstić information content (AvgIpc) is 1.61. The standard InChI is InChI=1S/C29H35FN8O12P2S2.C27H33FN8O10P2S2.4Na/c30-20-16-9-45-51(43,53)49-23-17(48-28(22(23)41)37-7-14-3-1-2-4-15-19(14)25(37)33-11-32-15)10-46-52(44,54)50-24(20)29(47-16)38-13-34-21-26(38)35-12-36(27(21)42)6-5-31-18(40)8-39;28-18-15-8-41-47(39,49)45-21-16(44-26(20(21)37)35-7-13-3-1-2-4-14-17(13)23(35)31-10-30-14)9-42-48(40,50)46-22(18)27(43-15)36-12-32-19-24(36)33-11-34(6-5-29)25(19)38;;;;/h7,11-13,16-17,20,22-24,28-29,39,41H,1-6,8-10H2,(H,31,40)(H,43,53)(H,44,54);7,10-12,15-16,18,20-22,26-27,37H,1-6,8-9,29H2,(H,39,49)(H,40,50);;;;/q;;4*+1/p-2/t16-,17-,20-,22-,23-,24-,28-,29-,51?,52?;15-,16-,18-,20-,21-,22-,26-,27-,47?,48?;;;;/m11..../s1. The van der Waals surface area contributed by atoms with Gasteiger partial charge in [0.15, 0.2) is 59.6 Å². The van der Waals surface area contributed by atoms with Gasteiger partial charge in [-0.15, -0.1) is 0 Å². The van der Waals surface area contributed by atoms with Gasteiger partial charge >= 0.3 is 132 Å². The number of aryl methyl sites for hydroxylation is 4. The van der Waals surface area contributed by atoms with E-state index in [0.29, 0.717) is 11.3 Å². The first kappa shape index (κ1) is 87.9. The van der Waals surface area contributed by atoms with Crippen LogP contribution in [0.4, 0.5) is 8.78 Å². The van der Waals surface area contributed by atoms with Gasteiger partial charge in [-0.25, -0.2) is 53.2 Å². The molecule has 20 atom stereocenters. The summed E-state index contributed by atoms with van der Waals surface area (Å²) in [6, 6.07) is 0. The molecule has 16 rings (SSSR count). The number of aliphatic hydroxyl groups excluding tert-OH is 3. The summed E-state index contributed by atoms with van der Waals surface area (Å²) >= 11 is 19.8. The van der Waals surface area contributed by atoms with Gasteiger partial charge in [0.05, 0.1) is 50.5 Å². The van der Waals surface area contributed by atoms with Crippen LogP contribution in [0.15, 0.2) is 59.9 Å². The monoisotopic (exact) mass is 1700 g/mol. The molecule has 6 fully saturated rings. The zero-order valence-electron chi connectivity index (χ0n) is 58.1. The van der Waals surface area contributed by atoms with E-state index in [-0.39, 0.29) is 167 Å². The van der Waals surface area contributed by atoms with Crippen molar-refractivity contribution in [3.05, 3.63) is 93.6 Å². The fraction of sp³-hybridized carbons (Fsp3) is 0.589. The maximum atomic E-state index is 16.1. The van der Waals surface area contributed by atoms with Crippen molar-refractivity contribution in [2.45, 2.75) is 163 Å². The molecule has 8 aromatic rings. The molecule has 108 heavy (non-hydrogen) atoms. The van der Waals surface area contributed by atoms with Crippen LogP contribution in [-0.2, 0) is 139 Å².